The van der Waals surface area contributed by atoms with Crippen LogP contribution in [0.4, 0.5) is 5.69 Å². The predicted molar refractivity (Wildman–Crippen MR) is 101 cm³/mol. The zero-order chi connectivity index (χ0) is 17.8. The fraction of sp³-hybridized carbons (Fsp3) is 0.444. The first-order valence-electron chi connectivity index (χ1n) is 8.46. The topological polar surface area (TPSA) is 57.6 Å². The lowest BCUT2D eigenvalue weighted by atomic mass is 10.2. The Kier molecular flexibility index (Phi) is 5.67. The molecule has 7 heteroatoms. The van der Waals surface area contributed by atoms with Gasteiger partial charge >= 0.3 is 4.87 Å². The Labute approximate surface area is 151 Å². The molecule has 1 aliphatic heterocycles. The van der Waals surface area contributed by atoms with E-state index in [4.69, 9.17) is 0 Å². The number of carbonyl (C=O) groups is 1. The molecule has 0 unspecified atom stereocenters. The number of nitrogens with one attached hydrogen (secondary N) is 1. The Balaban J connectivity index is 1.53. The first kappa shape index (κ1) is 17.8. The van der Waals surface area contributed by atoms with E-state index in [1.165, 1.54) is 10.1 Å². The average molecular weight is 360 g/mol. The molecule has 0 aliphatic carbocycles. The van der Waals surface area contributed by atoms with Crippen LogP contribution >= 0.6 is 11.3 Å². The highest BCUT2D eigenvalue weighted by atomic mass is 32.1. The molecule has 1 amide bonds. The summed E-state index contributed by atoms with van der Waals surface area (Å²) in [6, 6.07) is 7.95. The van der Waals surface area contributed by atoms with Crippen molar-refractivity contribution in [2.45, 2.75) is 20.0 Å². The van der Waals surface area contributed by atoms with Crippen molar-refractivity contribution in [1.29, 1.82) is 0 Å². The lowest BCUT2D eigenvalue weighted by Crippen LogP contribution is -2.43. The molecule has 0 radical (unpaired) electrons. The van der Waals surface area contributed by atoms with Gasteiger partial charge in [-0.15, -0.1) is 0 Å². The molecule has 6 nitrogen and oxygen atoms in total. The van der Waals surface area contributed by atoms with Crippen LogP contribution in [0.25, 0.3) is 0 Å². The summed E-state index contributed by atoms with van der Waals surface area (Å²) in [6.45, 7) is 7.21. The molecule has 1 aromatic heterocycles. The van der Waals surface area contributed by atoms with Crippen LogP contribution in [-0.4, -0.2) is 53.5 Å². The van der Waals surface area contributed by atoms with E-state index >= 15 is 0 Å². The van der Waals surface area contributed by atoms with Gasteiger partial charge in [-0.3, -0.25) is 19.1 Å². The standard InChI is InChI=1S/C18H24N4O2S/c1-14-13-25-18(24)22(14)12-17(23)19-16-5-3-15(4-6-16)11-21-9-7-20(2)8-10-21/h3-6,13H,7-12H2,1-2H3,(H,19,23). The van der Waals surface area contributed by atoms with Crippen molar-refractivity contribution < 1.29 is 4.79 Å². The maximum absolute atomic E-state index is 12.1. The van der Waals surface area contributed by atoms with Gasteiger partial charge < -0.3 is 10.2 Å². The summed E-state index contributed by atoms with van der Waals surface area (Å²) >= 11 is 1.12. The number of piperazine rings is 1. The molecule has 3 rings (SSSR count). The average Bonchev–Trinajstić information content (AvgIpc) is 2.90. The first-order chi connectivity index (χ1) is 12.0. The van der Waals surface area contributed by atoms with Crippen molar-refractivity contribution in [2.75, 3.05) is 38.5 Å². The zero-order valence-electron chi connectivity index (χ0n) is 14.7. The van der Waals surface area contributed by atoms with Crippen molar-refractivity contribution in [3.8, 4) is 0 Å². The normalized spacial score (nSPS) is 16.1. The van der Waals surface area contributed by atoms with Crippen LogP contribution < -0.4 is 10.2 Å². The third-order valence-corrected chi connectivity index (χ3v) is 5.40. The smallest absolute Gasteiger partial charge is 0.307 e. The van der Waals surface area contributed by atoms with E-state index in [9.17, 15) is 9.59 Å². The molecule has 1 saturated heterocycles. The first-order valence-corrected chi connectivity index (χ1v) is 9.34. The molecule has 0 atom stereocenters. The molecule has 1 fully saturated rings. The highest BCUT2D eigenvalue weighted by Gasteiger charge is 2.14. The van der Waals surface area contributed by atoms with Crippen LogP contribution in [0.5, 0.6) is 0 Å². The Hall–Kier alpha value is -1.96. The van der Waals surface area contributed by atoms with E-state index in [1.54, 1.807) is 5.38 Å². The summed E-state index contributed by atoms with van der Waals surface area (Å²) in [7, 11) is 2.15. The van der Waals surface area contributed by atoms with Crippen molar-refractivity contribution >= 4 is 22.9 Å². The van der Waals surface area contributed by atoms with E-state index in [1.807, 2.05) is 19.1 Å². The highest BCUT2D eigenvalue weighted by molar-refractivity contribution is 7.07. The van der Waals surface area contributed by atoms with Crippen molar-refractivity contribution in [3.63, 3.8) is 0 Å². The number of likely N-dealkylation sites (N-methyl/N-ethyl adjacent to an activating group) is 1. The molecule has 0 spiro atoms. The summed E-state index contributed by atoms with van der Waals surface area (Å²) in [5, 5.41) is 4.62. The van der Waals surface area contributed by atoms with Gasteiger partial charge in [0.05, 0.1) is 0 Å². The van der Waals surface area contributed by atoms with Gasteiger partial charge in [0, 0.05) is 49.5 Å². The number of carbonyl (C=O) groups excluding carboxylic acids is 1. The van der Waals surface area contributed by atoms with Gasteiger partial charge in [0.15, 0.2) is 0 Å². The lowest BCUT2D eigenvalue weighted by Gasteiger charge is -2.32. The number of thiazole rings is 1. The van der Waals surface area contributed by atoms with Gasteiger partial charge in [0.2, 0.25) is 5.91 Å². The van der Waals surface area contributed by atoms with Crippen LogP contribution in [0.3, 0.4) is 0 Å². The number of amides is 1. The number of hydrogen-bond acceptors (Lipinski definition) is 5. The summed E-state index contributed by atoms with van der Waals surface area (Å²) in [5.74, 6) is -0.185. The monoisotopic (exact) mass is 360 g/mol. The fourth-order valence-electron chi connectivity index (χ4n) is 2.90. The Morgan fingerprint density at radius 3 is 2.44 bits per heavy atom. The number of aromatic nitrogens is 1. The second-order valence-electron chi connectivity index (χ2n) is 6.55. The Morgan fingerprint density at radius 2 is 1.84 bits per heavy atom. The molecule has 0 bridgehead atoms. The second kappa shape index (κ2) is 7.95. The fourth-order valence-corrected chi connectivity index (χ4v) is 3.63. The number of rotatable bonds is 5. The number of nitrogens with zero attached hydrogens (tertiary/aromatic N) is 3. The molecule has 1 N–H and O–H groups in total. The number of benzene rings is 1. The summed E-state index contributed by atoms with van der Waals surface area (Å²) in [6.07, 6.45) is 0. The van der Waals surface area contributed by atoms with E-state index < -0.39 is 0 Å². The van der Waals surface area contributed by atoms with Gasteiger partial charge in [0.25, 0.3) is 0 Å². The van der Waals surface area contributed by atoms with Crippen LogP contribution in [0, 0.1) is 6.92 Å². The molecule has 2 heterocycles. The quantitative estimate of drug-likeness (QED) is 0.880. The number of anilines is 1. The van der Waals surface area contributed by atoms with E-state index in [0.29, 0.717) is 0 Å². The van der Waals surface area contributed by atoms with Gasteiger partial charge in [-0.1, -0.05) is 23.5 Å². The molecule has 2 aromatic rings. The number of aryl methyl sites for hydroxylation is 1. The minimum absolute atomic E-state index is 0.0528. The minimum Gasteiger partial charge on any atom is -0.325 e. The molecule has 1 aromatic carbocycles. The Morgan fingerprint density at radius 1 is 1.16 bits per heavy atom. The van der Waals surface area contributed by atoms with Crippen molar-refractivity contribution in [1.82, 2.24) is 14.4 Å². The third-order valence-electron chi connectivity index (χ3n) is 4.52. The molecular formula is C18H24N4O2S. The number of hydrogen-bond donors (Lipinski definition) is 1. The van der Waals surface area contributed by atoms with Crippen LogP contribution in [0.2, 0.25) is 0 Å². The third kappa shape index (κ3) is 4.78. The largest absolute Gasteiger partial charge is 0.325 e. The highest BCUT2D eigenvalue weighted by Crippen LogP contribution is 2.13. The maximum atomic E-state index is 12.1. The van der Waals surface area contributed by atoms with E-state index in [-0.39, 0.29) is 17.3 Å². The molecular weight excluding hydrogens is 336 g/mol. The van der Waals surface area contributed by atoms with Crippen LogP contribution in [-0.2, 0) is 17.9 Å². The van der Waals surface area contributed by atoms with Gasteiger partial charge in [-0.25, -0.2) is 0 Å². The zero-order valence-corrected chi connectivity index (χ0v) is 15.5. The van der Waals surface area contributed by atoms with Crippen LogP contribution in [0.1, 0.15) is 11.3 Å². The summed E-state index contributed by atoms with van der Waals surface area (Å²) < 4.78 is 1.49. The van der Waals surface area contributed by atoms with Crippen LogP contribution in [0.15, 0.2) is 34.4 Å². The summed E-state index contributed by atoms with van der Waals surface area (Å²) in [4.78, 5) is 28.5. The minimum atomic E-state index is -0.185. The van der Waals surface area contributed by atoms with Gasteiger partial charge in [-0.05, 0) is 31.7 Å². The SMILES string of the molecule is Cc1csc(=O)n1CC(=O)Nc1ccc(CN2CCN(C)CC2)cc1. The van der Waals surface area contributed by atoms with E-state index in [2.05, 4.69) is 34.3 Å². The summed E-state index contributed by atoms with van der Waals surface area (Å²) in [5.41, 5.74) is 2.81. The van der Waals surface area contributed by atoms with E-state index in [0.717, 1.165) is 55.4 Å². The lowest BCUT2D eigenvalue weighted by molar-refractivity contribution is -0.116. The van der Waals surface area contributed by atoms with Crippen molar-refractivity contribution in [2.24, 2.45) is 0 Å². The second-order valence-corrected chi connectivity index (χ2v) is 7.37. The van der Waals surface area contributed by atoms with Gasteiger partial charge in [-0.2, -0.15) is 0 Å². The molecule has 1 aliphatic rings. The molecule has 0 saturated carbocycles. The Bertz CT molecular complexity index is 773. The van der Waals surface area contributed by atoms with Crippen molar-refractivity contribution in [3.05, 3.63) is 50.6 Å². The molecule has 134 valence electrons. The predicted octanol–water partition coefficient (Wildman–Crippen LogP) is 1.60. The van der Waals surface area contributed by atoms with Gasteiger partial charge in [0.1, 0.15) is 6.54 Å². The maximum Gasteiger partial charge on any atom is 0.307 e. The molecule has 25 heavy (non-hydrogen) atoms.